The summed E-state index contributed by atoms with van der Waals surface area (Å²) in [6.45, 7) is 2.80. The standard InChI is InChI=1S/C9H10ClN3/c1-2-13-8-6(10)4-3-5-7(8)12-9(13)11/h3-5H,2H2,1H3,(H2,11,12). The van der Waals surface area contributed by atoms with Crippen molar-refractivity contribution in [2.24, 2.45) is 0 Å². The first kappa shape index (κ1) is 8.38. The molecule has 2 aromatic rings. The Balaban J connectivity index is 2.88. The largest absolute Gasteiger partial charge is 0.369 e. The van der Waals surface area contributed by atoms with Crippen LogP contribution < -0.4 is 5.73 Å². The van der Waals surface area contributed by atoms with Crippen LogP contribution in [0.4, 0.5) is 5.95 Å². The molecule has 13 heavy (non-hydrogen) atoms. The van der Waals surface area contributed by atoms with Crippen molar-refractivity contribution in [2.45, 2.75) is 13.5 Å². The van der Waals surface area contributed by atoms with Gasteiger partial charge in [0.2, 0.25) is 5.95 Å². The molecule has 0 spiro atoms. The molecule has 0 saturated carbocycles. The summed E-state index contributed by atoms with van der Waals surface area (Å²) in [5.41, 5.74) is 7.50. The Bertz CT molecular complexity index is 447. The molecule has 0 aliphatic heterocycles. The minimum Gasteiger partial charge on any atom is -0.369 e. The first-order chi connectivity index (χ1) is 6.24. The van der Waals surface area contributed by atoms with Gasteiger partial charge in [-0.1, -0.05) is 17.7 Å². The monoisotopic (exact) mass is 195 g/mol. The Hall–Kier alpha value is -1.22. The fourth-order valence-corrected chi connectivity index (χ4v) is 1.75. The van der Waals surface area contributed by atoms with E-state index >= 15 is 0 Å². The Labute approximate surface area is 81.1 Å². The number of halogens is 1. The van der Waals surface area contributed by atoms with E-state index in [0.717, 1.165) is 17.6 Å². The van der Waals surface area contributed by atoms with Gasteiger partial charge in [-0.05, 0) is 19.1 Å². The van der Waals surface area contributed by atoms with Crippen molar-refractivity contribution in [3.63, 3.8) is 0 Å². The Kier molecular flexibility index (Phi) is 1.88. The van der Waals surface area contributed by atoms with Crippen molar-refractivity contribution in [3.05, 3.63) is 23.2 Å². The molecular weight excluding hydrogens is 186 g/mol. The second kappa shape index (κ2) is 2.92. The molecule has 1 aromatic heterocycles. The smallest absolute Gasteiger partial charge is 0.201 e. The van der Waals surface area contributed by atoms with Crippen LogP contribution in [-0.2, 0) is 6.54 Å². The molecule has 0 saturated heterocycles. The molecule has 0 radical (unpaired) electrons. The predicted molar refractivity (Wildman–Crippen MR) is 54.8 cm³/mol. The van der Waals surface area contributed by atoms with Crippen molar-refractivity contribution >= 4 is 28.6 Å². The van der Waals surface area contributed by atoms with Crippen molar-refractivity contribution in [1.29, 1.82) is 0 Å². The van der Waals surface area contributed by atoms with Crippen LogP contribution in [0.3, 0.4) is 0 Å². The number of benzene rings is 1. The summed E-state index contributed by atoms with van der Waals surface area (Å²) in [6, 6.07) is 5.62. The van der Waals surface area contributed by atoms with Crippen LogP contribution in [0.5, 0.6) is 0 Å². The number of nitrogens with two attached hydrogens (primary N) is 1. The number of imidazole rings is 1. The summed E-state index contributed by atoms with van der Waals surface area (Å²) >= 11 is 6.04. The molecule has 0 aliphatic carbocycles. The summed E-state index contributed by atoms with van der Waals surface area (Å²) in [7, 11) is 0. The van der Waals surface area contributed by atoms with Gasteiger partial charge >= 0.3 is 0 Å². The van der Waals surface area contributed by atoms with Crippen LogP contribution in [0.2, 0.25) is 5.02 Å². The van der Waals surface area contributed by atoms with Crippen LogP contribution in [0.25, 0.3) is 11.0 Å². The molecule has 1 heterocycles. The molecule has 0 atom stereocenters. The average Bonchev–Trinajstić information content (AvgIpc) is 2.42. The number of hydrogen-bond donors (Lipinski definition) is 1. The van der Waals surface area contributed by atoms with Crippen molar-refractivity contribution in [1.82, 2.24) is 9.55 Å². The highest BCUT2D eigenvalue weighted by Crippen LogP contribution is 2.25. The van der Waals surface area contributed by atoms with Gasteiger partial charge in [-0.15, -0.1) is 0 Å². The van der Waals surface area contributed by atoms with E-state index in [1.807, 2.05) is 29.7 Å². The van der Waals surface area contributed by atoms with E-state index in [-0.39, 0.29) is 0 Å². The molecule has 3 nitrogen and oxygen atoms in total. The van der Waals surface area contributed by atoms with Gasteiger partial charge in [0.05, 0.1) is 16.1 Å². The fourth-order valence-electron chi connectivity index (χ4n) is 1.48. The molecule has 68 valence electrons. The van der Waals surface area contributed by atoms with E-state index in [4.69, 9.17) is 17.3 Å². The van der Waals surface area contributed by atoms with E-state index in [2.05, 4.69) is 4.98 Å². The first-order valence-electron chi connectivity index (χ1n) is 4.14. The van der Waals surface area contributed by atoms with Crippen LogP contribution in [0.1, 0.15) is 6.92 Å². The number of anilines is 1. The lowest BCUT2D eigenvalue weighted by Gasteiger charge is -2.01. The first-order valence-corrected chi connectivity index (χ1v) is 4.52. The summed E-state index contributed by atoms with van der Waals surface area (Å²) < 4.78 is 1.90. The van der Waals surface area contributed by atoms with E-state index in [9.17, 15) is 0 Å². The van der Waals surface area contributed by atoms with Crippen LogP contribution >= 0.6 is 11.6 Å². The number of nitrogens with zero attached hydrogens (tertiary/aromatic N) is 2. The molecule has 1 aromatic carbocycles. The molecule has 2 rings (SSSR count). The minimum absolute atomic E-state index is 0.519. The lowest BCUT2D eigenvalue weighted by molar-refractivity contribution is 0.800. The fraction of sp³-hybridized carbons (Fsp3) is 0.222. The van der Waals surface area contributed by atoms with Gasteiger partial charge in [0.25, 0.3) is 0 Å². The van der Waals surface area contributed by atoms with Gasteiger partial charge < -0.3 is 10.3 Å². The minimum atomic E-state index is 0.519. The third-order valence-electron chi connectivity index (χ3n) is 2.06. The third kappa shape index (κ3) is 1.16. The van der Waals surface area contributed by atoms with Crippen molar-refractivity contribution in [2.75, 3.05) is 5.73 Å². The van der Waals surface area contributed by atoms with Crippen LogP contribution in [0.15, 0.2) is 18.2 Å². The average molecular weight is 196 g/mol. The molecule has 0 bridgehead atoms. The predicted octanol–water partition coefficient (Wildman–Crippen LogP) is 2.29. The SMILES string of the molecule is CCn1c(N)nc2cccc(Cl)c21. The van der Waals surface area contributed by atoms with Gasteiger partial charge in [0.15, 0.2) is 0 Å². The number of aromatic nitrogens is 2. The topological polar surface area (TPSA) is 43.8 Å². The number of fused-ring (bicyclic) bond motifs is 1. The molecule has 2 N–H and O–H groups in total. The van der Waals surface area contributed by atoms with Crippen molar-refractivity contribution in [3.8, 4) is 0 Å². The van der Waals surface area contributed by atoms with Crippen molar-refractivity contribution < 1.29 is 0 Å². The lowest BCUT2D eigenvalue weighted by atomic mass is 10.3. The number of hydrogen-bond acceptors (Lipinski definition) is 2. The number of para-hydroxylation sites is 1. The van der Waals surface area contributed by atoms with Crippen LogP contribution in [-0.4, -0.2) is 9.55 Å². The quantitative estimate of drug-likeness (QED) is 0.759. The lowest BCUT2D eigenvalue weighted by Crippen LogP contribution is -2.00. The van der Waals surface area contributed by atoms with Gasteiger partial charge in [-0.2, -0.15) is 0 Å². The van der Waals surface area contributed by atoms with E-state index in [0.29, 0.717) is 11.0 Å². The maximum atomic E-state index is 6.04. The molecular formula is C9H10ClN3. The summed E-state index contributed by atoms with van der Waals surface area (Å²) in [4.78, 5) is 4.20. The zero-order chi connectivity index (χ0) is 9.42. The molecule has 4 heteroatoms. The van der Waals surface area contributed by atoms with Gasteiger partial charge in [0.1, 0.15) is 0 Å². The summed E-state index contributed by atoms with van der Waals surface area (Å²) in [6.07, 6.45) is 0. The normalized spacial score (nSPS) is 10.9. The summed E-state index contributed by atoms with van der Waals surface area (Å²) in [5, 5.41) is 0.698. The number of rotatable bonds is 1. The zero-order valence-corrected chi connectivity index (χ0v) is 8.04. The van der Waals surface area contributed by atoms with Crippen LogP contribution in [0, 0.1) is 0 Å². The Morgan fingerprint density at radius 3 is 3.00 bits per heavy atom. The van der Waals surface area contributed by atoms with Gasteiger partial charge in [-0.3, -0.25) is 0 Å². The maximum absolute atomic E-state index is 6.04. The van der Waals surface area contributed by atoms with E-state index in [1.54, 1.807) is 0 Å². The molecule has 0 amide bonds. The molecule has 0 fully saturated rings. The molecule has 0 aliphatic rings. The second-order valence-corrected chi connectivity index (χ2v) is 3.23. The van der Waals surface area contributed by atoms with E-state index in [1.165, 1.54) is 0 Å². The molecule has 0 unspecified atom stereocenters. The Morgan fingerprint density at radius 2 is 2.31 bits per heavy atom. The number of aryl methyl sites for hydroxylation is 1. The Morgan fingerprint density at radius 1 is 1.54 bits per heavy atom. The van der Waals surface area contributed by atoms with Gasteiger partial charge in [0, 0.05) is 6.54 Å². The van der Waals surface area contributed by atoms with E-state index < -0.39 is 0 Å². The summed E-state index contributed by atoms with van der Waals surface area (Å²) in [5.74, 6) is 0.519. The highest BCUT2D eigenvalue weighted by Gasteiger charge is 2.08. The highest BCUT2D eigenvalue weighted by molar-refractivity contribution is 6.35. The zero-order valence-electron chi connectivity index (χ0n) is 7.29. The second-order valence-electron chi connectivity index (χ2n) is 2.82. The van der Waals surface area contributed by atoms with Gasteiger partial charge in [-0.25, -0.2) is 4.98 Å². The number of nitrogen functional groups attached to an aromatic ring is 1. The maximum Gasteiger partial charge on any atom is 0.201 e. The third-order valence-corrected chi connectivity index (χ3v) is 2.37. The highest BCUT2D eigenvalue weighted by atomic mass is 35.5.